The van der Waals surface area contributed by atoms with Crippen LogP contribution in [0.1, 0.15) is 63.8 Å². The van der Waals surface area contributed by atoms with Crippen LogP contribution in [0.25, 0.3) is 0 Å². The molecule has 0 aromatic heterocycles. The molecule has 49 heavy (non-hydrogen) atoms. The molecule has 2 N–H and O–H groups in total. The molecule has 4 aromatic carbocycles. The van der Waals surface area contributed by atoms with E-state index in [9.17, 15) is 10.2 Å². The second-order valence-corrected chi connectivity index (χ2v) is 13.2. The maximum absolute atomic E-state index is 11.5. The average molecular weight is 661 g/mol. The fourth-order valence-electron chi connectivity index (χ4n) is 6.59. The number of para-hydroxylation sites is 2. The number of fused-ring (bicyclic) bond motifs is 9. The second-order valence-electron chi connectivity index (χ2n) is 13.2. The molecule has 8 nitrogen and oxygen atoms in total. The third-order valence-electron chi connectivity index (χ3n) is 9.07. The van der Waals surface area contributed by atoms with Gasteiger partial charge in [-0.15, -0.1) is 0 Å². The van der Waals surface area contributed by atoms with Gasteiger partial charge in [0.15, 0.2) is 0 Å². The summed E-state index contributed by atoms with van der Waals surface area (Å²) in [6, 6.07) is 24.6. The Morgan fingerprint density at radius 1 is 0.551 bits per heavy atom. The first-order chi connectivity index (χ1) is 23.9. The van der Waals surface area contributed by atoms with Gasteiger partial charge in [0, 0.05) is 105 Å². The molecule has 8 heteroatoms. The molecule has 4 aromatic rings. The highest BCUT2D eigenvalue weighted by atomic mass is 16.5. The van der Waals surface area contributed by atoms with E-state index in [2.05, 4.69) is 70.0 Å². The zero-order chi connectivity index (χ0) is 34.0. The SMILES string of the molecule is Cc1cc2c(O)c(c1)CN1CCN(Cc3ccccc3OCCCOc3ccccc3C1)Cc1cc(C)cc(c1O)C=NCCCCN=C2. The van der Waals surface area contributed by atoms with Crippen molar-refractivity contribution >= 4 is 12.4 Å². The van der Waals surface area contributed by atoms with Crippen LogP contribution in [-0.2, 0) is 26.2 Å². The summed E-state index contributed by atoms with van der Waals surface area (Å²) in [7, 11) is 0. The first kappa shape index (κ1) is 34.2. The third kappa shape index (κ3) is 9.28. The monoisotopic (exact) mass is 660 g/mol. The van der Waals surface area contributed by atoms with Crippen molar-refractivity contribution in [2.45, 2.75) is 59.3 Å². The summed E-state index contributed by atoms with van der Waals surface area (Å²) in [5.41, 5.74) is 7.57. The zero-order valence-electron chi connectivity index (χ0n) is 28.8. The van der Waals surface area contributed by atoms with Gasteiger partial charge in [-0.05, 0) is 62.1 Å². The van der Waals surface area contributed by atoms with E-state index in [-0.39, 0.29) is 11.5 Å². The van der Waals surface area contributed by atoms with Crippen LogP contribution in [0.3, 0.4) is 0 Å². The van der Waals surface area contributed by atoms with Crippen molar-refractivity contribution in [3.63, 3.8) is 0 Å². The lowest BCUT2D eigenvalue weighted by Gasteiger charge is -2.29. The van der Waals surface area contributed by atoms with E-state index in [1.165, 1.54) is 0 Å². The minimum absolute atomic E-state index is 0.272. The third-order valence-corrected chi connectivity index (χ3v) is 9.07. The number of hydrogen-bond donors (Lipinski definition) is 2. The molecule has 0 aliphatic carbocycles. The van der Waals surface area contributed by atoms with E-state index in [1.54, 1.807) is 12.4 Å². The molecular weight excluding hydrogens is 612 g/mol. The van der Waals surface area contributed by atoms with E-state index in [0.717, 1.165) is 75.3 Å². The Morgan fingerprint density at radius 2 is 0.980 bits per heavy atom. The van der Waals surface area contributed by atoms with Crippen LogP contribution < -0.4 is 9.47 Å². The first-order valence-corrected chi connectivity index (χ1v) is 17.4. The highest BCUT2D eigenvalue weighted by Gasteiger charge is 2.20. The molecule has 0 saturated heterocycles. The first-order valence-electron chi connectivity index (χ1n) is 17.4. The summed E-state index contributed by atoms with van der Waals surface area (Å²) >= 11 is 0. The summed E-state index contributed by atoms with van der Waals surface area (Å²) in [6.45, 7) is 10.3. The fraction of sp³-hybridized carbons (Fsp3) is 0.366. The van der Waals surface area contributed by atoms with E-state index in [4.69, 9.17) is 9.47 Å². The molecule has 6 rings (SSSR count). The molecule has 256 valence electrons. The predicted molar refractivity (Wildman–Crippen MR) is 197 cm³/mol. The van der Waals surface area contributed by atoms with Gasteiger partial charge in [-0.2, -0.15) is 0 Å². The van der Waals surface area contributed by atoms with Crippen molar-refractivity contribution in [1.29, 1.82) is 0 Å². The van der Waals surface area contributed by atoms with Crippen LogP contribution >= 0.6 is 0 Å². The number of aliphatic imine (C=N–C) groups is 2. The van der Waals surface area contributed by atoms with Crippen LogP contribution in [0.2, 0.25) is 0 Å². The number of phenolic OH excluding ortho intramolecular Hbond substituents is 2. The number of aromatic hydroxyl groups is 2. The molecular formula is C41H48N4O4. The number of nitrogens with zero attached hydrogens (tertiary/aromatic N) is 4. The molecule has 0 amide bonds. The van der Waals surface area contributed by atoms with Gasteiger partial charge in [0.05, 0.1) is 13.2 Å². The Balaban J connectivity index is 1.42. The highest BCUT2D eigenvalue weighted by Crippen LogP contribution is 2.30. The Labute approximate surface area is 290 Å². The molecule has 0 spiro atoms. The van der Waals surface area contributed by atoms with Gasteiger partial charge in [0.25, 0.3) is 0 Å². The standard InChI is InChI=1S/C41H48N4O4/c1-30-20-34-24-42-14-7-8-15-43-25-35-21-31(2)23-37(41(35)47)29-45-17-16-44(28-36(22-30)40(34)46)26-32-10-3-5-12-38(32)48-18-9-19-49-39-13-6-4-11-33(39)27-45/h3-6,10-13,20-25,46-47H,7-9,14-19,26-29H2,1-2H3. The molecule has 2 unspecified atom stereocenters. The molecule has 0 saturated carbocycles. The molecule has 0 fully saturated rings. The summed E-state index contributed by atoms with van der Waals surface area (Å²) < 4.78 is 12.6. The molecule has 2 heterocycles. The quantitative estimate of drug-likeness (QED) is 0.207. The molecule has 0 radical (unpaired) electrons. The highest BCUT2D eigenvalue weighted by molar-refractivity contribution is 5.85. The average Bonchev–Trinajstić information content (AvgIpc) is 3.09. The van der Waals surface area contributed by atoms with Crippen LogP contribution in [0.5, 0.6) is 23.0 Å². The topological polar surface area (TPSA) is 90.1 Å². The van der Waals surface area contributed by atoms with Crippen molar-refractivity contribution < 1.29 is 19.7 Å². The van der Waals surface area contributed by atoms with Crippen molar-refractivity contribution in [3.8, 4) is 23.0 Å². The lowest BCUT2D eigenvalue weighted by molar-refractivity contribution is 0.178. The molecule has 2 aliphatic heterocycles. The molecule has 6 bridgehead atoms. The van der Waals surface area contributed by atoms with Crippen LogP contribution in [0, 0.1) is 13.8 Å². The van der Waals surface area contributed by atoms with Crippen LogP contribution in [0.4, 0.5) is 0 Å². The van der Waals surface area contributed by atoms with Gasteiger partial charge >= 0.3 is 0 Å². The maximum Gasteiger partial charge on any atom is 0.128 e. The van der Waals surface area contributed by atoms with E-state index < -0.39 is 0 Å². The molecule has 2 atom stereocenters. The van der Waals surface area contributed by atoms with E-state index in [1.807, 2.05) is 36.4 Å². The summed E-state index contributed by atoms with van der Waals surface area (Å²) in [5, 5.41) is 23.0. The van der Waals surface area contributed by atoms with Gasteiger partial charge in [0.2, 0.25) is 0 Å². The van der Waals surface area contributed by atoms with Crippen molar-refractivity contribution in [2.24, 2.45) is 9.98 Å². The Hall–Kier alpha value is -4.66. The number of ether oxygens (including phenoxy) is 2. The lowest BCUT2D eigenvalue weighted by Crippen LogP contribution is -2.34. The van der Waals surface area contributed by atoms with Crippen molar-refractivity contribution in [1.82, 2.24) is 9.80 Å². The summed E-state index contributed by atoms with van der Waals surface area (Å²) in [5.74, 6) is 2.27. The lowest BCUT2D eigenvalue weighted by atomic mass is 10.0. The van der Waals surface area contributed by atoms with Crippen molar-refractivity contribution in [2.75, 3.05) is 39.4 Å². The van der Waals surface area contributed by atoms with Gasteiger partial charge in [-0.25, -0.2) is 0 Å². The number of rotatable bonds is 0. The fourth-order valence-corrected chi connectivity index (χ4v) is 6.59. The van der Waals surface area contributed by atoms with Crippen LogP contribution in [0.15, 0.2) is 82.8 Å². The number of benzene rings is 4. The van der Waals surface area contributed by atoms with Crippen molar-refractivity contribution in [3.05, 3.63) is 117 Å². The second kappa shape index (κ2) is 16.6. The van der Waals surface area contributed by atoms with Gasteiger partial charge < -0.3 is 19.7 Å². The van der Waals surface area contributed by atoms with E-state index >= 15 is 0 Å². The Bertz CT molecular complexity index is 1660. The van der Waals surface area contributed by atoms with Gasteiger partial charge in [-0.3, -0.25) is 19.8 Å². The van der Waals surface area contributed by atoms with E-state index in [0.29, 0.717) is 65.6 Å². The normalized spacial score (nSPS) is 19.3. The Morgan fingerprint density at radius 3 is 1.45 bits per heavy atom. The minimum atomic E-state index is 0.272. The number of hydrogen-bond acceptors (Lipinski definition) is 8. The minimum Gasteiger partial charge on any atom is -0.507 e. The predicted octanol–water partition coefficient (Wildman–Crippen LogP) is 7.21. The zero-order valence-corrected chi connectivity index (χ0v) is 28.8. The summed E-state index contributed by atoms with van der Waals surface area (Å²) in [4.78, 5) is 14.0. The number of phenols is 2. The summed E-state index contributed by atoms with van der Waals surface area (Å²) in [6.07, 6.45) is 6.12. The maximum atomic E-state index is 11.5. The smallest absolute Gasteiger partial charge is 0.128 e. The van der Waals surface area contributed by atoms with Gasteiger partial charge in [0.1, 0.15) is 23.0 Å². The number of aryl methyl sites for hydroxylation is 2. The van der Waals surface area contributed by atoms with Crippen LogP contribution in [-0.4, -0.2) is 71.8 Å². The molecule has 2 aliphatic rings. The van der Waals surface area contributed by atoms with Gasteiger partial charge in [-0.1, -0.05) is 48.5 Å². The Kier molecular flexibility index (Phi) is 11.6. The largest absolute Gasteiger partial charge is 0.507 e.